The topological polar surface area (TPSA) is 69.4 Å². The van der Waals surface area contributed by atoms with Gasteiger partial charge in [-0.1, -0.05) is 44.7 Å². The van der Waals surface area contributed by atoms with Crippen LogP contribution in [0.1, 0.15) is 36.6 Å². The molecule has 4 aromatic heterocycles. The molecular weight excluding hydrogens is 462 g/mol. The Bertz CT molecular complexity index is 1570. The summed E-state index contributed by atoms with van der Waals surface area (Å²) in [5.41, 5.74) is 11.5. The molecule has 0 bridgehead atoms. The monoisotopic (exact) mass is 491 g/mol. The van der Waals surface area contributed by atoms with Crippen LogP contribution in [0.5, 0.6) is 0 Å². The van der Waals surface area contributed by atoms with Crippen molar-refractivity contribution in [3.63, 3.8) is 0 Å². The second-order valence-electron chi connectivity index (χ2n) is 8.82. The van der Waals surface area contributed by atoms with Crippen molar-refractivity contribution in [3.8, 4) is 22.5 Å². The van der Waals surface area contributed by atoms with Gasteiger partial charge in [0.15, 0.2) is 0 Å². The Labute approximate surface area is 215 Å². The van der Waals surface area contributed by atoms with Crippen LogP contribution in [0.25, 0.3) is 39.0 Å². The van der Waals surface area contributed by atoms with Crippen LogP contribution in [0.3, 0.4) is 0 Å². The van der Waals surface area contributed by atoms with E-state index in [1.165, 1.54) is 5.56 Å². The first-order valence-electron chi connectivity index (χ1n) is 12.0. The summed E-state index contributed by atoms with van der Waals surface area (Å²) in [7, 11) is 0. The van der Waals surface area contributed by atoms with Gasteiger partial charge in [0.2, 0.25) is 0 Å². The first-order valence-corrected chi connectivity index (χ1v) is 13.0. The van der Waals surface area contributed by atoms with Gasteiger partial charge in [0, 0.05) is 34.1 Å². The molecule has 4 heterocycles. The molecular formula is C30H29N5S. The van der Waals surface area contributed by atoms with Gasteiger partial charge in [0.25, 0.3) is 0 Å². The number of nitrogens with zero attached hydrogens (tertiary/aromatic N) is 2. The SMILES string of the molecule is C=C/C=C(/c1ccsc1)c1cc(-c2n[nH]c3ccc(-c4cncc(NC(=C)CCC)c4)cc23)[nH]c1C. The average molecular weight is 492 g/mol. The van der Waals surface area contributed by atoms with Crippen LogP contribution >= 0.6 is 11.3 Å². The lowest BCUT2D eigenvalue weighted by molar-refractivity contribution is 0.913. The maximum atomic E-state index is 4.67. The first-order chi connectivity index (χ1) is 17.6. The Balaban J connectivity index is 1.52. The van der Waals surface area contributed by atoms with Crippen molar-refractivity contribution in [1.82, 2.24) is 20.2 Å². The molecule has 0 unspecified atom stereocenters. The maximum Gasteiger partial charge on any atom is 0.116 e. The molecule has 0 spiro atoms. The molecule has 6 heteroatoms. The third-order valence-electron chi connectivity index (χ3n) is 6.18. The van der Waals surface area contributed by atoms with Gasteiger partial charge >= 0.3 is 0 Å². The number of hydrogen-bond donors (Lipinski definition) is 3. The second-order valence-corrected chi connectivity index (χ2v) is 9.60. The van der Waals surface area contributed by atoms with E-state index >= 15 is 0 Å². The number of fused-ring (bicyclic) bond motifs is 1. The lowest BCUT2D eigenvalue weighted by Gasteiger charge is -2.10. The quantitative estimate of drug-likeness (QED) is 0.182. The van der Waals surface area contributed by atoms with E-state index in [0.717, 1.165) is 74.5 Å². The summed E-state index contributed by atoms with van der Waals surface area (Å²) in [6, 6.07) is 12.8. The van der Waals surface area contributed by atoms with E-state index in [-0.39, 0.29) is 0 Å². The fraction of sp³-hybridized carbons (Fsp3) is 0.133. The molecule has 3 N–H and O–H groups in total. The van der Waals surface area contributed by atoms with Crippen LogP contribution in [-0.4, -0.2) is 20.2 Å². The van der Waals surface area contributed by atoms with E-state index in [0.29, 0.717) is 0 Å². The van der Waals surface area contributed by atoms with Crippen molar-refractivity contribution in [3.05, 3.63) is 107 Å². The van der Waals surface area contributed by atoms with Crippen molar-refractivity contribution in [2.75, 3.05) is 5.32 Å². The molecule has 180 valence electrons. The number of aryl methyl sites for hydroxylation is 1. The molecule has 5 nitrogen and oxygen atoms in total. The summed E-state index contributed by atoms with van der Waals surface area (Å²) >= 11 is 1.69. The molecule has 0 aliphatic carbocycles. The molecule has 5 aromatic rings. The molecule has 0 saturated heterocycles. The summed E-state index contributed by atoms with van der Waals surface area (Å²) < 4.78 is 0. The number of anilines is 1. The Morgan fingerprint density at radius 3 is 2.81 bits per heavy atom. The van der Waals surface area contributed by atoms with Gasteiger partial charge in [-0.15, -0.1) is 0 Å². The van der Waals surface area contributed by atoms with Crippen molar-refractivity contribution in [1.29, 1.82) is 0 Å². The number of hydrogen-bond acceptors (Lipinski definition) is 4. The predicted octanol–water partition coefficient (Wildman–Crippen LogP) is 8.33. The third kappa shape index (κ3) is 4.68. The van der Waals surface area contributed by atoms with Gasteiger partial charge in [-0.3, -0.25) is 10.1 Å². The van der Waals surface area contributed by atoms with Gasteiger partial charge in [-0.25, -0.2) is 0 Å². The molecule has 0 radical (unpaired) electrons. The first kappa shape index (κ1) is 23.6. The van der Waals surface area contributed by atoms with Crippen molar-refractivity contribution in [2.45, 2.75) is 26.7 Å². The number of benzene rings is 1. The zero-order chi connectivity index (χ0) is 25.1. The highest BCUT2D eigenvalue weighted by atomic mass is 32.1. The minimum absolute atomic E-state index is 0.892. The smallest absolute Gasteiger partial charge is 0.116 e. The molecule has 0 fully saturated rings. The highest BCUT2D eigenvalue weighted by Gasteiger charge is 2.16. The van der Waals surface area contributed by atoms with Crippen molar-refractivity contribution < 1.29 is 0 Å². The molecule has 0 saturated carbocycles. The van der Waals surface area contributed by atoms with E-state index in [4.69, 9.17) is 0 Å². The lowest BCUT2D eigenvalue weighted by Crippen LogP contribution is -1.98. The van der Waals surface area contributed by atoms with Crippen LogP contribution in [-0.2, 0) is 0 Å². The lowest BCUT2D eigenvalue weighted by atomic mass is 9.99. The van der Waals surface area contributed by atoms with Crippen molar-refractivity contribution >= 4 is 33.5 Å². The molecule has 1 aromatic carbocycles. The minimum atomic E-state index is 0.892. The number of rotatable bonds is 9. The molecule has 0 amide bonds. The van der Waals surface area contributed by atoms with Crippen molar-refractivity contribution in [2.24, 2.45) is 0 Å². The number of allylic oxidation sites excluding steroid dienone is 3. The summed E-state index contributed by atoms with van der Waals surface area (Å²) in [5.74, 6) is 0. The summed E-state index contributed by atoms with van der Waals surface area (Å²) in [6.45, 7) is 12.3. The van der Waals surface area contributed by atoms with Crippen LogP contribution in [0.2, 0.25) is 0 Å². The Morgan fingerprint density at radius 1 is 1.14 bits per heavy atom. The Morgan fingerprint density at radius 2 is 2.03 bits per heavy atom. The number of thiophene rings is 1. The number of H-pyrrole nitrogens is 2. The molecule has 0 aliphatic heterocycles. The predicted molar refractivity (Wildman–Crippen MR) is 153 cm³/mol. The van der Waals surface area contributed by atoms with Crippen LogP contribution in [0, 0.1) is 6.92 Å². The van der Waals surface area contributed by atoms with Gasteiger partial charge in [-0.05, 0) is 71.1 Å². The zero-order valence-corrected chi connectivity index (χ0v) is 21.4. The fourth-order valence-electron chi connectivity index (χ4n) is 4.48. The van der Waals surface area contributed by atoms with Gasteiger partial charge in [0.05, 0.1) is 23.1 Å². The molecule has 5 rings (SSSR count). The van der Waals surface area contributed by atoms with Crippen LogP contribution in [0.15, 0.2) is 90.6 Å². The van der Waals surface area contributed by atoms with E-state index in [2.05, 4.69) is 106 Å². The van der Waals surface area contributed by atoms with Gasteiger partial charge < -0.3 is 10.3 Å². The number of aromatic amines is 2. The van der Waals surface area contributed by atoms with Gasteiger partial charge in [0.1, 0.15) is 5.69 Å². The van der Waals surface area contributed by atoms with E-state index in [9.17, 15) is 0 Å². The summed E-state index contributed by atoms with van der Waals surface area (Å²) in [5, 5.41) is 16.5. The van der Waals surface area contributed by atoms with Crippen LogP contribution in [0.4, 0.5) is 5.69 Å². The number of aromatic nitrogens is 4. The Hall–Kier alpha value is -4.16. The normalized spacial score (nSPS) is 11.7. The molecule has 36 heavy (non-hydrogen) atoms. The van der Waals surface area contributed by atoms with E-state index in [1.54, 1.807) is 11.3 Å². The fourth-order valence-corrected chi connectivity index (χ4v) is 5.13. The zero-order valence-electron chi connectivity index (χ0n) is 20.6. The largest absolute Gasteiger partial charge is 0.358 e. The third-order valence-corrected chi connectivity index (χ3v) is 6.87. The molecule has 0 atom stereocenters. The number of pyridine rings is 1. The van der Waals surface area contributed by atoms with Gasteiger partial charge in [-0.2, -0.15) is 16.4 Å². The average Bonchev–Trinajstić information content (AvgIpc) is 3.62. The summed E-state index contributed by atoms with van der Waals surface area (Å²) in [4.78, 5) is 8.01. The number of nitrogens with one attached hydrogen (secondary N) is 3. The molecule has 0 aliphatic rings. The highest BCUT2D eigenvalue weighted by molar-refractivity contribution is 7.08. The second kappa shape index (κ2) is 10.2. The highest BCUT2D eigenvalue weighted by Crippen LogP contribution is 2.35. The van der Waals surface area contributed by atoms with E-state index < -0.39 is 0 Å². The van der Waals surface area contributed by atoms with E-state index in [1.807, 2.05) is 18.5 Å². The standard InChI is InChI=1S/C30H29N5S/c1-5-7-19(3)32-24-13-23(16-31-17-24)21-9-10-28-27(14-21)30(35-34-28)29-15-26(20(4)33-29)25(8-6-2)22-11-12-36-18-22/h6,8-18,32-33H,2-3,5,7H2,1,4H3,(H,34,35)/b25-8-. The maximum absolute atomic E-state index is 4.67. The Kier molecular flexibility index (Phi) is 6.69. The minimum Gasteiger partial charge on any atom is -0.358 e. The summed E-state index contributed by atoms with van der Waals surface area (Å²) in [6.07, 6.45) is 9.60. The van der Waals surface area contributed by atoms with Crippen LogP contribution < -0.4 is 5.32 Å².